The summed E-state index contributed by atoms with van der Waals surface area (Å²) >= 11 is 0. The summed E-state index contributed by atoms with van der Waals surface area (Å²) in [6.45, 7) is 9.08. The number of hydrogen-bond donors (Lipinski definition) is 2. The molecule has 4 rings (SSSR count). The molecule has 0 aromatic heterocycles. The van der Waals surface area contributed by atoms with Crippen LogP contribution in [0, 0.1) is 5.92 Å². The fraction of sp³-hybridized carbons (Fsp3) is 0.308. The van der Waals surface area contributed by atoms with Crippen LogP contribution in [-0.4, -0.2) is 40.9 Å². The Labute approximate surface area is 281 Å². The summed E-state index contributed by atoms with van der Waals surface area (Å²) in [5.74, 6) is -2.48. The van der Waals surface area contributed by atoms with Gasteiger partial charge in [0, 0.05) is 11.8 Å². The summed E-state index contributed by atoms with van der Waals surface area (Å²) in [5.41, 5.74) is 1.93. The number of carboxylic acid groups (broad SMARTS) is 1. The predicted molar refractivity (Wildman–Crippen MR) is 182 cm³/mol. The van der Waals surface area contributed by atoms with Crippen molar-refractivity contribution in [1.82, 2.24) is 5.32 Å². The van der Waals surface area contributed by atoms with E-state index in [-0.39, 0.29) is 13.2 Å². The Morgan fingerprint density at radius 2 is 1.25 bits per heavy atom. The van der Waals surface area contributed by atoms with Crippen molar-refractivity contribution in [2.24, 2.45) is 5.92 Å². The first-order valence-electron chi connectivity index (χ1n) is 15.9. The minimum Gasteiger partial charge on any atom is -0.485 e. The molecule has 0 bridgehead atoms. The zero-order valence-corrected chi connectivity index (χ0v) is 27.9. The Bertz CT molecular complexity index is 1640. The number of nitrogens with one attached hydrogen (secondary N) is 1. The van der Waals surface area contributed by atoms with E-state index in [1.165, 1.54) is 0 Å². The quantitative estimate of drug-likeness (QED) is 0.132. The number of amides is 1. The van der Waals surface area contributed by atoms with Crippen LogP contribution in [0.25, 0.3) is 0 Å². The van der Waals surface area contributed by atoms with Crippen molar-refractivity contribution in [1.29, 1.82) is 0 Å². The summed E-state index contributed by atoms with van der Waals surface area (Å²) in [5, 5.41) is 13.1. The van der Waals surface area contributed by atoms with Gasteiger partial charge in [-0.25, -0.2) is 14.4 Å². The van der Waals surface area contributed by atoms with Gasteiger partial charge in [0.15, 0.2) is 11.5 Å². The lowest BCUT2D eigenvalue weighted by Crippen LogP contribution is -2.49. The lowest BCUT2D eigenvalue weighted by Gasteiger charge is -2.34. The van der Waals surface area contributed by atoms with Crippen molar-refractivity contribution in [2.75, 3.05) is 0 Å². The van der Waals surface area contributed by atoms with E-state index in [9.17, 15) is 19.5 Å². The van der Waals surface area contributed by atoms with E-state index in [2.05, 4.69) is 5.32 Å². The van der Waals surface area contributed by atoms with Crippen LogP contribution in [0.5, 0.6) is 11.5 Å². The van der Waals surface area contributed by atoms with Crippen LogP contribution >= 0.6 is 0 Å². The number of carbonyl (C=O) groups is 3. The van der Waals surface area contributed by atoms with Crippen LogP contribution in [0.2, 0.25) is 0 Å². The van der Waals surface area contributed by atoms with Gasteiger partial charge in [-0.3, -0.25) is 0 Å². The predicted octanol–water partition coefficient (Wildman–Crippen LogP) is 7.79. The molecule has 4 aromatic rings. The molecule has 0 aliphatic rings. The van der Waals surface area contributed by atoms with Crippen molar-refractivity contribution in [3.05, 3.63) is 131 Å². The molecule has 0 aliphatic carbocycles. The maximum Gasteiger partial charge on any atom is 0.408 e. The highest BCUT2D eigenvalue weighted by atomic mass is 16.6. The summed E-state index contributed by atoms with van der Waals surface area (Å²) in [6.07, 6.45) is -1.64. The molecule has 252 valence electrons. The van der Waals surface area contributed by atoms with E-state index in [0.717, 1.165) is 11.1 Å². The monoisotopic (exact) mass is 653 g/mol. The second-order valence-corrected chi connectivity index (χ2v) is 12.6. The molecule has 0 saturated carbocycles. The second kappa shape index (κ2) is 16.5. The van der Waals surface area contributed by atoms with Crippen LogP contribution in [0.3, 0.4) is 0 Å². The van der Waals surface area contributed by atoms with Gasteiger partial charge in [-0.15, -0.1) is 0 Å². The van der Waals surface area contributed by atoms with Gasteiger partial charge >= 0.3 is 18.0 Å². The molecular weight excluding hydrogens is 610 g/mol. The van der Waals surface area contributed by atoms with Gasteiger partial charge in [-0.05, 0) is 68.7 Å². The highest BCUT2D eigenvalue weighted by molar-refractivity contribution is 5.89. The third-order valence-electron chi connectivity index (χ3n) is 7.73. The Kier molecular flexibility index (Phi) is 12.2. The molecule has 9 heteroatoms. The van der Waals surface area contributed by atoms with Crippen molar-refractivity contribution < 1.29 is 38.4 Å². The van der Waals surface area contributed by atoms with Crippen LogP contribution < -0.4 is 14.8 Å². The molecule has 4 aromatic carbocycles. The summed E-state index contributed by atoms with van der Waals surface area (Å²) in [7, 11) is 0. The minimum atomic E-state index is -1.45. The number of carbonyl (C=O) groups excluding carboxylic acids is 2. The average molecular weight is 654 g/mol. The SMILES string of the molecule is CC(OC(=O)c1ccccc1)C(C)C(c1ccc(OCc2ccccc2)c(OCc2ccccc2)c1)[C@@H](NC(=O)OC(C)(C)C)C(=O)O. The molecule has 0 aliphatic heterocycles. The molecule has 0 saturated heterocycles. The highest BCUT2D eigenvalue weighted by Gasteiger charge is 2.39. The molecule has 0 fully saturated rings. The van der Waals surface area contributed by atoms with E-state index in [4.69, 9.17) is 18.9 Å². The van der Waals surface area contributed by atoms with E-state index in [0.29, 0.717) is 22.6 Å². The molecule has 3 unspecified atom stereocenters. The Morgan fingerprint density at radius 1 is 0.729 bits per heavy atom. The number of alkyl carbamates (subject to hydrolysis) is 1. The zero-order chi connectivity index (χ0) is 34.7. The van der Waals surface area contributed by atoms with Crippen LogP contribution in [0.1, 0.15) is 67.6 Å². The van der Waals surface area contributed by atoms with Gasteiger partial charge in [0.05, 0.1) is 5.56 Å². The van der Waals surface area contributed by atoms with Crippen molar-refractivity contribution >= 4 is 18.0 Å². The number of esters is 1. The first-order chi connectivity index (χ1) is 22.9. The second-order valence-electron chi connectivity index (χ2n) is 12.6. The fourth-order valence-electron chi connectivity index (χ4n) is 5.18. The van der Waals surface area contributed by atoms with Gasteiger partial charge in [0.1, 0.15) is 31.0 Å². The molecule has 4 atom stereocenters. The fourth-order valence-corrected chi connectivity index (χ4v) is 5.18. The lowest BCUT2D eigenvalue weighted by molar-refractivity contribution is -0.140. The van der Waals surface area contributed by atoms with Gasteiger partial charge in [-0.1, -0.05) is 91.9 Å². The lowest BCUT2D eigenvalue weighted by atomic mass is 9.78. The molecule has 0 radical (unpaired) electrons. The molecule has 1 amide bonds. The molecule has 9 nitrogen and oxygen atoms in total. The number of rotatable bonds is 14. The zero-order valence-electron chi connectivity index (χ0n) is 27.9. The molecular formula is C39H43NO8. The van der Waals surface area contributed by atoms with Crippen LogP contribution in [0.4, 0.5) is 4.79 Å². The molecule has 48 heavy (non-hydrogen) atoms. The summed E-state index contributed by atoms with van der Waals surface area (Å²) in [4.78, 5) is 38.8. The van der Waals surface area contributed by atoms with E-state index in [1.54, 1.807) is 83.1 Å². The maximum atomic E-state index is 13.0. The smallest absolute Gasteiger partial charge is 0.408 e. The average Bonchev–Trinajstić information content (AvgIpc) is 3.06. The van der Waals surface area contributed by atoms with Crippen molar-refractivity contribution in [3.8, 4) is 11.5 Å². The van der Waals surface area contributed by atoms with Crippen LogP contribution in [-0.2, 0) is 27.5 Å². The maximum absolute atomic E-state index is 13.0. The molecule has 2 N–H and O–H groups in total. The number of benzene rings is 4. The number of aliphatic carboxylic acids is 1. The highest BCUT2D eigenvalue weighted by Crippen LogP contribution is 2.38. The van der Waals surface area contributed by atoms with E-state index < -0.39 is 47.6 Å². The first kappa shape index (κ1) is 35.5. The van der Waals surface area contributed by atoms with Crippen LogP contribution in [0.15, 0.2) is 109 Å². The largest absolute Gasteiger partial charge is 0.485 e. The summed E-state index contributed by atoms with van der Waals surface area (Å²) in [6, 6.07) is 31.6. The van der Waals surface area contributed by atoms with E-state index >= 15 is 0 Å². The molecule has 0 spiro atoms. The Balaban J connectivity index is 1.72. The Hall–Kier alpha value is -5.31. The Morgan fingerprint density at radius 3 is 1.77 bits per heavy atom. The van der Waals surface area contributed by atoms with Gasteiger partial charge < -0.3 is 29.4 Å². The minimum absolute atomic E-state index is 0.232. The number of hydrogen-bond acceptors (Lipinski definition) is 7. The van der Waals surface area contributed by atoms with E-state index in [1.807, 2.05) is 60.7 Å². The summed E-state index contributed by atoms with van der Waals surface area (Å²) < 4.78 is 23.7. The van der Waals surface area contributed by atoms with Crippen molar-refractivity contribution in [3.63, 3.8) is 0 Å². The van der Waals surface area contributed by atoms with Gasteiger partial charge in [-0.2, -0.15) is 0 Å². The topological polar surface area (TPSA) is 120 Å². The van der Waals surface area contributed by atoms with Gasteiger partial charge in [0.25, 0.3) is 0 Å². The third-order valence-corrected chi connectivity index (χ3v) is 7.73. The number of ether oxygens (including phenoxy) is 4. The standard InChI is InChI=1S/C39H43NO8/c1-26(27(2)47-37(43)30-19-13-8-14-20-30)34(35(36(41)42)40-38(44)48-39(3,4)5)31-21-22-32(45-24-28-15-9-6-10-16-28)33(23-31)46-25-29-17-11-7-12-18-29/h6-23,26-27,34-35H,24-25H2,1-5H3,(H,40,44)(H,41,42)/t26?,27?,34?,35-/m1/s1. The first-order valence-corrected chi connectivity index (χ1v) is 15.9. The normalized spacial score (nSPS) is 13.7. The molecule has 0 heterocycles. The van der Waals surface area contributed by atoms with Gasteiger partial charge in [0.2, 0.25) is 0 Å². The number of carboxylic acids is 1. The van der Waals surface area contributed by atoms with Crippen molar-refractivity contribution in [2.45, 2.75) is 71.5 Å². The third kappa shape index (κ3) is 10.4.